The summed E-state index contributed by atoms with van der Waals surface area (Å²) in [4.78, 5) is 20.4. The van der Waals surface area contributed by atoms with E-state index in [-0.39, 0.29) is 0 Å². The van der Waals surface area contributed by atoms with Crippen LogP contribution in [0.4, 0.5) is 0 Å². The predicted molar refractivity (Wildman–Crippen MR) is 50.0 cm³/mol. The molecule has 0 aliphatic carbocycles. The van der Waals surface area contributed by atoms with Gasteiger partial charge in [0, 0.05) is 24.8 Å². The number of rotatable bonds is 6. The van der Waals surface area contributed by atoms with E-state index >= 15 is 0 Å². The largest absolute Gasteiger partial charge is 0.361 e. The van der Waals surface area contributed by atoms with Gasteiger partial charge < -0.3 is 14.1 Å². The average molecular weight is 195 g/mol. The lowest BCUT2D eigenvalue weighted by Crippen LogP contribution is -1.94. The van der Waals surface area contributed by atoms with Crippen LogP contribution < -0.4 is 0 Å². The van der Waals surface area contributed by atoms with E-state index in [9.17, 15) is 9.59 Å². The smallest absolute Gasteiger partial charge is 0.140 e. The lowest BCUT2D eigenvalue weighted by atomic mass is 10.1. The van der Waals surface area contributed by atoms with Gasteiger partial charge in [0.15, 0.2) is 0 Å². The number of carbonyl (C=O) groups excluding carboxylic acids is 2. The molecule has 0 fully saturated rings. The van der Waals surface area contributed by atoms with Gasteiger partial charge in [-0.15, -0.1) is 0 Å². The van der Waals surface area contributed by atoms with Crippen LogP contribution in [0.2, 0.25) is 0 Å². The van der Waals surface area contributed by atoms with Crippen molar-refractivity contribution in [3.05, 3.63) is 17.0 Å². The van der Waals surface area contributed by atoms with Crippen LogP contribution in [0, 0.1) is 6.92 Å². The van der Waals surface area contributed by atoms with E-state index in [0.29, 0.717) is 25.7 Å². The Labute approximate surface area is 82.3 Å². The molecule has 1 rings (SSSR count). The summed E-state index contributed by atoms with van der Waals surface area (Å²) in [5.41, 5.74) is 1.78. The summed E-state index contributed by atoms with van der Waals surface area (Å²) in [6.45, 7) is 1.84. The highest BCUT2D eigenvalue weighted by atomic mass is 16.5. The number of nitrogens with zero attached hydrogens (tertiary/aromatic N) is 1. The zero-order valence-electron chi connectivity index (χ0n) is 8.16. The molecule has 0 amide bonds. The van der Waals surface area contributed by atoms with Gasteiger partial charge in [-0.05, 0) is 13.3 Å². The minimum Gasteiger partial charge on any atom is -0.361 e. The molecular weight excluding hydrogens is 182 g/mol. The van der Waals surface area contributed by atoms with Crippen LogP contribution in [0.1, 0.15) is 29.9 Å². The van der Waals surface area contributed by atoms with E-state index in [0.717, 1.165) is 29.6 Å². The molecule has 14 heavy (non-hydrogen) atoms. The van der Waals surface area contributed by atoms with Crippen LogP contribution in [0.25, 0.3) is 0 Å². The van der Waals surface area contributed by atoms with E-state index in [1.165, 1.54) is 0 Å². The Morgan fingerprint density at radius 2 is 1.86 bits per heavy atom. The van der Waals surface area contributed by atoms with E-state index in [4.69, 9.17) is 4.52 Å². The van der Waals surface area contributed by atoms with Crippen LogP contribution in [-0.2, 0) is 22.4 Å². The van der Waals surface area contributed by atoms with Gasteiger partial charge in [-0.2, -0.15) is 0 Å². The third-order valence-electron chi connectivity index (χ3n) is 2.07. The zero-order valence-corrected chi connectivity index (χ0v) is 8.16. The van der Waals surface area contributed by atoms with Crippen molar-refractivity contribution in [2.45, 2.75) is 32.6 Å². The molecule has 0 saturated carbocycles. The fourth-order valence-corrected chi connectivity index (χ4v) is 1.35. The number of aromatic nitrogens is 1. The first-order chi connectivity index (χ1) is 6.79. The van der Waals surface area contributed by atoms with Crippen molar-refractivity contribution in [2.24, 2.45) is 0 Å². The van der Waals surface area contributed by atoms with Crippen LogP contribution in [0.5, 0.6) is 0 Å². The minimum atomic E-state index is 0.433. The first-order valence-electron chi connectivity index (χ1n) is 4.61. The summed E-state index contributed by atoms with van der Waals surface area (Å²) in [5.74, 6) is 0.733. The standard InChI is InChI=1S/C10H13NO3/c1-8-9(4-2-6-12)10(14-11-8)5-3-7-13/h6-7H,2-5H2,1H3. The van der Waals surface area contributed by atoms with Gasteiger partial charge >= 0.3 is 0 Å². The number of carbonyl (C=O) groups is 2. The minimum absolute atomic E-state index is 0.433. The highest BCUT2D eigenvalue weighted by Gasteiger charge is 2.11. The number of hydrogen-bond donors (Lipinski definition) is 0. The van der Waals surface area contributed by atoms with Crippen LogP contribution in [0.3, 0.4) is 0 Å². The van der Waals surface area contributed by atoms with Crippen molar-refractivity contribution in [1.29, 1.82) is 0 Å². The summed E-state index contributed by atoms with van der Waals surface area (Å²) in [6.07, 6.45) is 3.84. The maximum Gasteiger partial charge on any atom is 0.140 e. The molecule has 4 heteroatoms. The highest BCUT2D eigenvalue weighted by molar-refractivity contribution is 5.51. The van der Waals surface area contributed by atoms with Crippen molar-refractivity contribution in [1.82, 2.24) is 5.16 Å². The molecule has 0 saturated heterocycles. The van der Waals surface area contributed by atoms with E-state index in [1.54, 1.807) is 0 Å². The molecule has 0 unspecified atom stereocenters. The molecule has 1 aromatic heterocycles. The SMILES string of the molecule is Cc1noc(CCC=O)c1CCC=O. The van der Waals surface area contributed by atoms with Crippen molar-refractivity contribution in [3.63, 3.8) is 0 Å². The number of hydrogen-bond acceptors (Lipinski definition) is 4. The third kappa shape index (κ3) is 2.52. The summed E-state index contributed by atoms with van der Waals surface area (Å²) in [7, 11) is 0. The molecule has 1 heterocycles. The maximum atomic E-state index is 10.2. The van der Waals surface area contributed by atoms with Crippen molar-refractivity contribution in [3.8, 4) is 0 Å². The van der Waals surface area contributed by atoms with Gasteiger partial charge in [-0.1, -0.05) is 5.16 Å². The van der Waals surface area contributed by atoms with Crippen molar-refractivity contribution < 1.29 is 14.1 Å². The summed E-state index contributed by atoms with van der Waals surface area (Å²) < 4.78 is 5.07. The molecule has 0 spiro atoms. The van der Waals surface area contributed by atoms with Crippen LogP contribution in [0.15, 0.2) is 4.52 Å². The van der Waals surface area contributed by atoms with Gasteiger partial charge in [-0.3, -0.25) is 0 Å². The van der Waals surface area contributed by atoms with E-state index in [1.807, 2.05) is 6.92 Å². The highest BCUT2D eigenvalue weighted by Crippen LogP contribution is 2.16. The second-order valence-electron chi connectivity index (χ2n) is 3.08. The summed E-state index contributed by atoms with van der Waals surface area (Å²) >= 11 is 0. The Morgan fingerprint density at radius 1 is 1.21 bits per heavy atom. The van der Waals surface area contributed by atoms with E-state index in [2.05, 4.69) is 5.16 Å². The lowest BCUT2D eigenvalue weighted by Gasteiger charge is -1.96. The van der Waals surface area contributed by atoms with Gasteiger partial charge in [0.05, 0.1) is 5.69 Å². The third-order valence-corrected chi connectivity index (χ3v) is 2.07. The number of aldehydes is 2. The molecule has 1 aromatic rings. The monoisotopic (exact) mass is 195 g/mol. The van der Waals surface area contributed by atoms with E-state index < -0.39 is 0 Å². The fraction of sp³-hybridized carbons (Fsp3) is 0.500. The molecule has 76 valence electrons. The van der Waals surface area contributed by atoms with Gasteiger partial charge in [0.25, 0.3) is 0 Å². The molecule has 0 aliphatic rings. The summed E-state index contributed by atoms with van der Waals surface area (Å²) in [6, 6.07) is 0. The lowest BCUT2D eigenvalue weighted by molar-refractivity contribution is -0.108. The summed E-state index contributed by atoms with van der Waals surface area (Å²) in [5, 5.41) is 3.82. The molecular formula is C10H13NO3. The average Bonchev–Trinajstić information content (AvgIpc) is 2.53. The molecule has 0 aliphatic heterocycles. The molecule has 0 atom stereocenters. The van der Waals surface area contributed by atoms with Gasteiger partial charge in [-0.25, -0.2) is 0 Å². The van der Waals surface area contributed by atoms with Gasteiger partial charge in [0.1, 0.15) is 18.3 Å². The first-order valence-corrected chi connectivity index (χ1v) is 4.61. The Kier molecular flexibility index (Phi) is 4.04. The van der Waals surface area contributed by atoms with Crippen LogP contribution >= 0.6 is 0 Å². The topological polar surface area (TPSA) is 60.2 Å². The zero-order chi connectivity index (χ0) is 10.4. The normalized spacial score (nSPS) is 10.1. The molecule has 0 N–H and O–H groups in total. The molecule has 0 radical (unpaired) electrons. The Hall–Kier alpha value is -1.45. The fourth-order valence-electron chi connectivity index (χ4n) is 1.35. The quantitative estimate of drug-likeness (QED) is 0.641. The predicted octanol–water partition coefficient (Wildman–Crippen LogP) is 1.25. The Bertz CT molecular complexity index is 317. The number of aryl methyl sites for hydroxylation is 2. The first kappa shape index (κ1) is 10.6. The van der Waals surface area contributed by atoms with Gasteiger partial charge in [0.2, 0.25) is 0 Å². The molecule has 0 aromatic carbocycles. The molecule has 4 nitrogen and oxygen atoms in total. The Morgan fingerprint density at radius 3 is 2.50 bits per heavy atom. The maximum absolute atomic E-state index is 10.2. The molecule has 0 bridgehead atoms. The van der Waals surface area contributed by atoms with Crippen LogP contribution in [-0.4, -0.2) is 17.7 Å². The second-order valence-corrected chi connectivity index (χ2v) is 3.08. The van der Waals surface area contributed by atoms with Crippen molar-refractivity contribution >= 4 is 12.6 Å². The van der Waals surface area contributed by atoms with Crippen molar-refractivity contribution in [2.75, 3.05) is 0 Å². The Balaban J connectivity index is 2.71. The second kappa shape index (κ2) is 5.32.